The van der Waals surface area contributed by atoms with E-state index in [9.17, 15) is 18.5 Å². The standard InChI is InChI=1S/C26H19ClN4O5S/c27-22-14-13-21(16-23(22)31(32)33)37(34,35)36-20-11-9-19(10-12-20)25-26(28-17-18-6-2-1-3-7-18)30-15-5-4-8-24(30)29-25/h1-16,28H,17H2. The molecule has 0 bridgehead atoms. The van der Waals surface area contributed by atoms with Crippen LogP contribution in [0.5, 0.6) is 5.75 Å². The fourth-order valence-electron chi connectivity index (χ4n) is 3.78. The number of hydrogen-bond acceptors (Lipinski definition) is 7. The molecule has 0 spiro atoms. The van der Waals surface area contributed by atoms with Gasteiger partial charge in [-0.05, 0) is 54.1 Å². The van der Waals surface area contributed by atoms with E-state index >= 15 is 0 Å². The third kappa shape index (κ3) is 5.11. The molecule has 0 aliphatic rings. The number of benzene rings is 3. The van der Waals surface area contributed by atoms with Gasteiger partial charge in [-0.25, -0.2) is 4.98 Å². The van der Waals surface area contributed by atoms with Crippen LogP contribution >= 0.6 is 11.6 Å². The number of nitro benzene ring substituents is 1. The van der Waals surface area contributed by atoms with Crippen molar-refractivity contribution < 1.29 is 17.5 Å². The highest BCUT2D eigenvalue weighted by molar-refractivity contribution is 7.87. The lowest BCUT2D eigenvalue weighted by Gasteiger charge is -2.10. The van der Waals surface area contributed by atoms with E-state index in [2.05, 4.69) is 5.32 Å². The Balaban J connectivity index is 1.42. The number of aromatic nitrogens is 2. The van der Waals surface area contributed by atoms with Gasteiger partial charge in [0.2, 0.25) is 0 Å². The van der Waals surface area contributed by atoms with Crippen LogP contribution in [0.25, 0.3) is 16.9 Å². The summed E-state index contributed by atoms with van der Waals surface area (Å²) in [4.78, 5) is 14.7. The van der Waals surface area contributed by atoms with Gasteiger partial charge in [-0.15, -0.1) is 0 Å². The summed E-state index contributed by atoms with van der Waals surface area (Å²) in [5.74, 6) is 0.832. The zero-order valence-corrected chi connectivity index (χ0v) is 20.7. The van der Waals surface area contributed by atoms with Crippen molar-refractivity contribution in [2.45, 2.75) is 11.4 Å². The van der Waals surface area contributed by atoms with Crippen molar-refractivity contribution in [3.63, 3.8) is 0 Å². The molecule has 186 valence electrons. The van der Waals surface area contributed by atoms with Gasteiger partial charge in [-0.3, -0.25) is 14.5 Å². The number of imidazole rings is 1. The summed E-state index contributed by atoms with van der Waals surface area (Å²) in [7, 11) is -4.33. The van der Waals surface area contributed by atoms with Crippen LogP contribution < -0.4 is 9.50 Å². The van der Waals surface area contributed by atoms with Gasteiger partial charge in [-0.1, -0.05) is 48.0 Å². The Morgan fingerprint density at radius 2 is 1.70 bits per heavy atom. The second-order valence-electron chi connectivity index (χ2n) is 8.01. The van der Waals surface area contributed by atoms with E-state index in [0.717, 1.165) is 40.8 Å². The number of hydrogen-bond donors (Lipinski definition) is 1. The number of nitrogens with one attached hydrogen (secondary N) is 1. The Kier molecular flexibility index (Phi) is 6.51. The van der Waals surface area contributed by atoms with E-state index in [-0.39, 0.29) is 15.7 Å². The highest BCUT2D eigenvalue weighted by Gasteiger charge is 2.23. The molecule has 9 nitrogen and oxygen atoms in total. The maximum absolute atomic E-state index is 12.7. The lowest BCUT2D eigenvalue weighted by molar-refractivity contribution is -0.384. The van der Waals surface area contributed by atoms with E-state index in [1.807, 2.05) is 59.1 Å². The summed E-state index contributed by atoms with van der Waals surface area (Å²) in [6, 6.07) is 25.2. The van der Waals surface area contributed by atoms with Crippen LogP contribution in [0.4, 0.5) is 11.5 Å². The minimum absolute atomic E-state index is 0.0453. The maximum Gasteiger partial charge on any atom is 0.339 e. The molecule has 5 rings (SSSR count). The summed E-state index contributed by atoms with van der Waals surface area (Å²) < 4.78 is 32.6. The lowest BCUT2D eigenvalue weighted by atomic mass is 10.1. The minimum Gasteiger partial charge on any atom is -0.379 e. The molecule has 11 heteroatoms. The van der Waals surface area contributed by atoms with Gasteiger partial charge >= 0.3 is 10.1 Å². The van der Waals surface area contributed by atoms with Gasteiger partial charge in [0.15, 0.2) is 0 Å². The molecular formula is C26H19ClN4O5S. The minimum atomic E-state index is -4.33. The zero-order chi connectivity index (χ0) is 26.0. The summed E-state index contributed by atoms with van der Waals surface area (Å²) in [5.41, 5.74) is 2.76. The number of rotatable bonds is 8. The quantitative estimate of drug-likeness (QED) is 0.149. The van der Waals surface area contributed by atoms with Crippen LogP contribution in [0.3, 0.4) is 0 Å². The van der Waals surface area contributed by atoms with E-state index in [1.165, 1.54) is 12.1 Å². The van der Waals surface area contributed by atoms with Gasteiger partial charge in [-0.2, -0.15) is 8.42 Å². The molecule has 0 atom stereocenters. The molecule has 1 N–H and O–H groups in total. The highest BCUT2D eigenvalue weighted by Crippen LogP contribution is 2.32. The lowest BCUT2D eigenvalue weighted by Crippen LogP contribution is -2.10. The predicted molar refractivity (Wildman–Crippen MR) is 140 cm³/mol. The normalized spacial score (nSPS) is 11.4. The van der Waals surface area contributed by atoms with Crippen LogP contribution in [0.15, 0.2) is 102 Å². The Morgan fingerprint density at radius 1 is 0.973 bits per heavy atom. The van der Waals surface area contributed by atoms with Crippen LogP contribution in [0.2, 0.25) is 5.02 Å². The molecule has 0 radical (unpaired) electrons. The summed E-state index contributed by atoms with van der Waals surface area (Å²) in [6.07, 6.45) is 1.91. The second-order valence-corrected chi connectivity index (χ2v) is 9.96. The molecule has 0 unspecified atom stereocenters. The van der Waals surface area contributed by atoms with Crippen LogP contribution in [0, 0.1) is 10.1 Å². The van der Waals surface area contributed by atoms with Crippen molar-refractivity contribution in [3.8, 4) is 17.0 Å². The number of nitrogens with zero attached hydrogens (tertiary/aromatic N) is 3. The molecule has 3 aromatic carbocycles. The molecular weight excluding hydrogens is 516 g/mol. The van der Waals surface area contributed by atoms with Gasteiger partial charge in [0.25, 0.3) is 5.69 Å². The van der Waals surface area contributed by atoms with Gasteiger partial charge in [0.05, 0.1) is 4.92 Å². The fraction of sp³-hybridized carbons (Fsp3) is 0.0385. The van der Waals surface area contributed by atoms with Crippen molar-refractivity contribution >= 4 is 38.9 Å². The van der Waals surface area contributed by atoms with Crippen LogP contribution in [-0.2, 0) is 16.7 Å². The fourth-order valence-corrected chi connectivity index (χ4v) is 4.92. The number of pyridine rings is 1. The molecule has 0 saturated carbocycles. The number of nitro groups is 1. The Labute approximate surface area is 217 Å². The van der Waals surface area contributed by atoms with E-state index < -0.39 is 20.7 Å². The monoisotopic (exact) mass is 534 g/mol. The van der Waals surface area contributed by atoms with Crippen LogP contribution in [0.1, 0.15) is 5.56 Å². The SMILES string of the molecule is O=[N+]([O-])c1cc(S(=O)(=O)Oc2ccc(-c3nc4ccccn4c3NCc3ccccc3)cc2)ccc1Cl. The smallest absolute Gasteiger partial charge is 0.339 e. The molecule has 0 aliphatic carbocycles. The third-order valence-corrected chi connectivity index (χ3v) is 7.13. The molecule has 0 aliphatic heterocycles. The molecule has 0 saturated heterocycles. The predicted octanol–water partition coefficient (Wildman–Crippen LogP) is 5.94. The van der Waals surface area contributed by atoms with Crippen LogP contribution in [-0.4, -0.2) is 22.7 Å². The number of fused-ring (bicyclic) bond motifs is 1. The van der Waals surface area contributed by atoms with Gasteiger partial charge < -0.3 is 9.50 Å². The van der Waals surface area contributed by atoms with E-state index in [1.54, 1.807) is 12.1 Å². The van der Waals surface area contributed by atoms with E-state index in [0.29, 0.717) is 12.2 Å². The molecule has 0 amide bonds. The first kappa shape index (κ1) is 24.3. The molecule has 2 aromatic heterocycles. The first-order valence-electron chi connectivity index (χ1n) is 11.1. The first-order valence-corrected chi connectivity index (χ1v) is 12.8. The highest BCUT2D eigenvalue weighted by atomic mass is 35.5. The molecule has 2 heterocycles. The zero-order valence-electron chi connectivity index (χ0n) is 19.1. The van der Waals surface area contributed by atoms with E-state index in [4.69, 9.17) is 20.8 Å². The maximum atomic E-state index is 12.7. The van der Waals surface area contributed by atoms with Gasteiger partial charge in [0, 0.05) is 24.4 Å². The van der Waals surface area contributed by atoms with Crippen molar-refractivity contribution in [1.82, 2.24) is 9.38 Å². The summed E-state index contributed by atoms with van der Waals surface area (Å²) in [5, 5.41) is 14.4. The van der Waals surface area contributed by atoms with Crippen molar-refractivity contribution in [2.75, 3.05) is 5.32 Å². The molecule has 0 fully saturated rings. The average molecular weight is 535 g/mol. The number of halogens is 1. The Morgan fingerprint density at radius 3 is 2.43 bits per heavy atom. The molecule has 5 aromatic rings. The number of anilines is 1. The topological polar surface area (TPSA) is 116 Å². The van der Waals surface area contributed by atoms with Crippen molar-refractivity contribution in [3.05, 3.63) is 118 Å². The average Bonchev–Trinajstić information content (AvgIpc) is 3.27. The Hall–Kier alpha value is -4.41. The van der Waals surface area contributed by atoms with Crippen molar-refractivity contribution in [1.29, 1.82) is 0 Å². The summed E-state index contributed by atoms with van der Waals surface area (Å²) in [6.45, 7) is 0.587. The Bertz CT molecular complexity index is 1700. The summed E-state index contributed by atoms with van der Waals surface area (Å²) >= 11 is 5.79. The van der Waals surface area contributed by atoms with Gasteiger partial charge in [0.1, 0.15) is 32.8 Å². The first-order chi connectivity index (χ1) is 17.8. The third-order valence-electron chi connectivity index (χ3n) is 5.57. The largest absolute Gasteiger partial charge is 0.379 e. The molecule has 37 heavy (non-hydrogen) atoms. The second kappa shape index (κ2) is 9.92. The van der Waals surface area contributed by atoms with Crippen molar-refractivity contribution in [2.24, 2.45) is 0 Å².